The van der Waals surface area contributed by atoms with Gasteiger partial charge in [0.25, 0.3) is 0 Å². The lowest BCUT2D eigenvalue weighted by molar-refractivity contribution is -0.145. The molecule has 0 aliphatic carbocycles. The number of rotatable bonds is 4. The SMILES string of the molecule is CCOC(=O)CN(C)C1CC(C)(C)OC1(C)C. The van der Waals surface area contributed by atoms with Gasteiger partial charge in [-0.05, 0) is 48.1 Å². The Morgan fingerprint density at radius 1 is 1.41 bits per heavy atom. The third-order valence-electron chi connectivity index (χ3n) is 3.24. The Hall–Kier alpha value is -0.610. The van der Waals surface area contributed by atoms with Gasteiger partial charge in [-0.1, -0.05) is 0 Å². The Morgan fingerprint density at radius 3 is 2.41 bits per heavy atom. The van der Waals surface area contributed by atoms with Crippen LogP contribution in [0.15, 0.2) is 0 Å². The summed E-state index contributed by atoms with van der Waals surface area (Å²) in [6, 6.07) is 0.238. The van der Waals surface area contributed by atoms with Crippen molar-refractivity contribution in [2.75, 3.05) is 20.2 Å². The van der Waals surface area contributed by atoms with E-state index < -0.39 is 0 Å². The molecule has 0 saturated carbocycles. The number of carbonyl (C=O) groups excluding carboxylic acids is 1. The van der Waals surface area contributed by atoms with E-state index in [1.54, 1.807) is 0 Å². The molecule has 0 bridgehead atoms. The van der Waals surface area contributed by atoms with Gasteiger partial charge in [0.05, 0.1) is 24.4 Å². The molecule has 0 aromatic heterocycles. The summed E-state index contributed by atoms with van der Waals surface area (Å²) in [4.78, 5) is 13.5. The van der Waals surface area contributed by atoms with Crippen LogP contribution in [0.4, 0.5) is 0 Å². The third-order valence-corrected chi connectivity index (χ3v) is 3.24. The van der Waals surface area contributed by atoms with E-state index in [9.17, 15) is 4.79 Å². The maximum Gasteiger partial charge on any atom is 0.320 e. The number of likely N-dealkylation sites (N-methyl/N-ethyl adjacent to an activating group) is 1. The van der Waals surface area contributed by atoms with Crippen molar-refractivity contribution in [2.24, 2.45) is 0 Å². The first-order valence-corrected chi connectivity index (χ1v) is 6.24. The van der Waals surface area contributed by atoms with Crippen LogP contribution in [0.2, 0.25) is 0 Å². The van der Waals surface area contributed by atoms with Crippen molar-refractivity contribution in [1.29, 1.82) is 0 Å². The van der Waals surface area contributed by atoms with Gasteiger partial charge in [0.1, 0.15) is 0 Å². The first-order chi connectivity index (χ1) is 7.68. The topological polar surface area (TPSA) is 38.8 Å². The summed E-state index contributed by atoms with van der Waals surface area (Å²) < 4.78 is 11.0. The van der Waals surface area contributed by atoms with Gasteiger partial charge < -0.3 is 9.47 Å². The van der Waals surface area contributed by atoms with Crippen molar-refractivity contribution in [3.8, 4) is 0 Å². The van der Waals surface area contributed by atoms with Crippen LogP contribution in [-0.4, -0.2) is 48.3 Å². The molecule has 1 heterocycles. The van der Waals surface area contributed by atoms with Crippen molar-refractivity contribution < 1.29 is 14.3 Å². The summed E-state index contributed by atoms with van der Waals surface area (Å²) >= 11 is 0. The molecule has 1 unspecified atom stereocenters. The van der Waals surface area contributed by atoms with E-state index in [4.69, 9.17) is 9.47 Å². The second kappa shape index (κ2) is 4.94. The molecule has 0 N–H and O–H groups in total. The molecule has 1 saturated heterocycles. The highest BCUT2D eigenvalue weighted by Crippen LogP contribution is 2.39. The first-order valence-electron chi connectivity index (χ1n) is 6.24. The molecule has 0 aromatic carbocycles. The number of esters is 1. The average Bonchev–Trinajstić information content (AvgIpc) is 2.34. The molecule has 1 fully saturated rings. The molecule has 17 heavy (non-hydrogen) atoms. The minimum atomic E-state index is -0.231. The van der Waals surface area contributed by atoms with Gasteiger partial charge in [-0.15, -0.1) is 0 Å². The zero-order valence-corrected chi connectivity index (χ0v) is 11.9. The van der Waals surface area contributed by atoms with Gasteiger partial charge in [-0.3, -0.25) is 9.69 Å². The summed E-state index contributed by atoms with van der Waals surface area (Å²) in [5, 5.41) is 0. The van der Waals surface area contributed by atoms with Crippen molar-refractivity contribution >= 4 is 5.97 Å². The predicted octanol–water partition coefficient (Wildman–Crippen LogP) is 1.83. The van der Waals surface area contributed by atoms with Crippen LogP contribution in [0.3, 0.4) is 0 Å². The molecular formula is C13H25NO3. The van der Waals surface area contributed by atoms with E-state index in [0.717, 1.165) is 6.42 Å². The number of nitrogens with zero attached hydrogens (tertiary/aromatic N) is 1. The quantitative estimate of drug-likeness (QED) is 0.706. The zero-order chi connectivity index (χ0) is 13.3. The Morgan fingerprint density at radius 2 is 2.00 bits per heavy atom. The van der Waals surface area contributed by atoms with Crippen LogP contribution in [0.25, 0.3) is 0 Å². The lowest BCUT2D eigenvalue weighted by Gasteiger charge is -2.33. The van der Waals surface area contributed by atoms with Gasteiger partial charge in [-0.25, -0.2) is 0 Å². The van der Waals surface area contributed by atoms with E-state index in [1.165, 1.54) is 0 Å². The molecule has 4 nitrogen and oxygen atoms in total. The van der Waals surface area contributed by atoms with E-state index in [-0.39, 0.29) is 23.2 Å². The fraction of sp³-hybridized carbons (Fsp3) is 0.923. The van der Waals surface area contributed by atoms with Crippen LogP contribution in [0.5, 0.6) is 0 Å². The summed E-state index contributed by atoms with van der Waals surface area (Å²) in [5.41, 5.74) is -0.359. The normalized spacial score (nSPS) is 26.2. The van der Waals surface area contributed by atoms with Crippen LogP contribution in [0, 0.1) is 0 Å². The third kappa shape index (κ3) is 3.68. The fourth-order valence-electron chi connectivity index (χ4n) is 2.74. The Balaban J connectivity index is 2.63. The van der Waals surface area contributed by atoms with E-state index in [1.807, 2.05) is 18.9 Å². The molecule has 4 heteroatoms. The second-order valence-electron chi connectivity index (χ2n) is 5.91. The largest absolute Gasteiger partial charge is 0.465 e. The Bertz CT molecular complexity index is 286. The second-order valence-corrected chi connectivity index (χ2v) is 5.91. The Kier molecular flexibility index (Phi) is 4.20. The van der Waals surface area contributed by atoms with Crippen LogP contribution < -0.4 is 0 Å². The summed E-state index contributed by atoms with van der Waals surface area (Å²) in [7, 11) is 1.95. The first kappa shape index (κ1) is 14.5. The van der Waals surface area contributed by atoms with E-state index >= 15 is 0 Å². The van der Waals surface area contributed by atoms with Crippen molar-refractivity contribution in [2.45, 2.75) is 58.3 Å². The summed E-state index contributed by atoms with van der Waals surface area (Å²) in [6.07, 6.45) is 0.926. The average molecular weight is 243 g/mol. The van der Waals surface area contributed by atoms with Crippen molar-refractivity contribution in [1.82, 2.24) is 4.90 Å². The highest BCUT2D eigenvalue weighted by Gasteiger charge is 2.47. The lowest BCUT2D eigenvalue weighted by Crippen LogP contribution is -2.46. The van der Waals surface area contributed by atoms with E-state index in [2.05, 4.69) is 27.7 Å². The van der Waals surface area contributed by atoms with Gasteiger partial charge in [0.15, 0.2) is 0 Å². The zero-order valence-electron chi connectivity index (χ0n) is 11.9. The minimum absolute atomic E-state index is 0.128. The number of ether oxygens (including phenoxy) is 2. The van der Waals surface area contributed by atoms with Gasteiger partial charge in [0, 0.05) is 6.04 Å². The molecule has 100 valence electrons. The molecule has 1 rings (SSSR count). The predicted molar refractivity (Wildman–Crippen MR) is 66.9 cm³/mol. The maximum atomic E-state index is 11.5. The van der Waals surface area contributed by atoms with Crippen LogP contribution in [0.1, 0.15) is 41.0 Å². The molecule has 1 atom stereocenters. The number of carbonyl (C=O) groups is 1. The highest BCUT2D eigenvalue weighted by atomic mass is 16.5. The Labute approximate surface area is 104 Å². The molecule has 0 amide bonds. The molecule has 1 aliphatic rings. The smallest absolute Gasteiger partial charge is 0.320 e. The van der Waals surface area contributed by atoms with Crippen molar-refractivity contribution in [3.05, 3.63) is 0 Å². The van der Waals surface area contributed by atoms with Gasteiger partial charge in [-0.2, -0.15) is 0 Å². The highest BCUT2D eigenvalue weighted by molar-refractivity contribution is 5.71. The lowest BCUT2D eigenvalue weighted by atomic mass is 9.93. The van der Waals surface area contributed by atoms with Crippen LogP contribution >= 0.6 is 0 Å². The molecule has 0 radical (unpaired) electrons. The molecular weight excluding hydrogens is 218 g/mol. The summed E-state index contributed by atoms with van der Waals surface area (Å²) in [6.45, 7) is 10.9. The molecule has 1 aliphatic heterocycles. The molecule has 0 spiro atoms. The number of hydrogen-bond donors (Lipinski definition) is 0. The van der Waals surface area contributed by atoms with Crippen LogP contribution in [-0.2, 0) is 14.3 Å². The maximum absolute atomic E-state index is 11.5. The summed E-state index contributed by atoms with van der Waals surface area (Å²) in [5.74, 6) is -0.171. The molecule has 0 aromatic rings. The monoisotopic (exact) mass is 243 g/mol. The van der Waals surface area contributed by atoms with Crippen molar-refractivity contribution in [3.63, 3.8) is 0 Å². The fourth-order valence-corrected chi connectivity index (χ4v) is 2.74. The van der Waals surface area contributed by atoms with Gasteiger partial charge >= 0.3 is 5.97 Å². The van der Waals surface area contributed by atoms with Gasteiger partial charge in [0.2, 0.25) is 0 Å². The minimum Gasteiger partial charge on any atom is -0.465 e. The number of hydrogen-bond acceptors (Lipinski definition) is 4. The van der Waals surface area contributed by atoms with E-state index in [0.29, 0.717) is 13.2 Å². The standard InChI is InChI=1S/C13H25NO3/c1-7-16-11(15)9-14(6)10-8-12(2,3)17-13(10,4)5/h10H,7-9H2,1-6H3.